The highest BCUT2D eigenvalue weighted by Crippen LogP contribution is 2.21. The molecule has 0 spiro atoms. The fraction of sp³-hybridized carbons (Fsp3) is 0.111. The monoisotopic (exact) mass is 320 g/mol. The van der Waals surface area contributed by atoms with Crippen molar-refractivity contribution in [2.24, 2.45) is 4.99 Å². The number of benzene rings is 1. The first-order valence-electron chi connectivity index (χ1n) is 7.45. The predicted molar refractivity (Wildman–Crippen MR) is 93.4 cm³/mol. The Bertz CT molecular complexity index is 897. The Morgan fingerprint density at radius 1 is 1.17 bits per heavy atom. The molecular weight excluding hydrogens is 304 g/mol. The minimum absolute atomic E-state index is 0.0577. The molecule has 120 valence electrons. The van der Waals surface area contributed by atoms with Crippen LogP contribution in [0, 0.1) is 24.0 Å². The molecule has 0 N–H and O–H groups in total. The van der Waals surface area contributed by atoms with Crippen LogP contribution in [-0.4, -0.2) is 20.7 Å². The molecule has 24 heavy (non-hydrogen) atoms. The van der Waals surface area contributed by atoms with Crippen molar-refractivity contribution >= 4 is 17.6 Å². The normalized spacial score (nSPS) is 11.1. The van der Waals surface area contributed by atoms with Crippen LogP contribution in [0.1, 0.15) is 17.0 Å². The number of aryl methyl sites for hydroxylation is 1. The Morgan fingerprint density at radius 2 is 1.92 bits per heavy atom. The van der Waals surface area contributed by atoms with Gasteiger partial charge in [0.15, 0.2) is 0 Å². The third kappa shape index (κ3) is 3.08. The zero-order chi connectivity index (χ0) is 17.1. The van der Waals surface area contributed by atoms with Crippen LogP contribution < -0.4 is 0 Å². The highest BCUT2D eigenvalue weighted by atomic mass is 16.6. The Labute approximate surface area is 139 Å². The van der Waals surface area contributed by atoms with Crippen molar-refractivity contribution in [2.45, 2.75) is 13.8 Å². The van der Waals surface area contributed by atoms with E-state index >= 15 is 0 Å². The van der Waals surface area contributed by atoms with Crippen molar-refractivity contribution in [1.82, 2.24) is 9.55 Å². The van der Waals surface area contributed by atoms with Crippen molar-refractivity contribution < 1.29 is 4.92 Å². The first-order chi connectivity index (χ1) is 11.6. The second kappa shape index (κ2) is 6.45. The average molecular weight is 320 g/mol. The molecule has 2 aromatic heterocycles. The highest BCUT2D eigenvalue weighted by Gasteiger charge is 2.10. The molecule has 3 rings (SSSR count). The molecule has 0 atom stereocenters. The molecule has 0 unspecified atom stereocenters. The Balaban J connectivity index is 1.89. The predicted octanol–water partition coefficient (Wildman–Crippen LogP) is 4.15. The van der Waals surface area contributed by atoms with E-state index in [1.54, 1.807) is 24.5 Å². The summed E-state index contributed by atoms with van der Waals surface area (Å²) in [5.41, 5.74) is 3.82. The molecule has 0 saturated heterocycles. The number of nitro benzene ring substituents is 1. The van der Waals surface area contributed by atoms with Gasteiger partial charge in [0.25, 0.3) is 5.69 Å². The number of aromatic nitrogens is 2. The van der Waals surface area contributed by atoms with Crippen LogP contribution in [0.25, 0.3) is 5.82 Å². The van der Waals surface area contributed by atoms with Gasteiger partial charge in [0.1, 0.15) is 5.82 Å². The van der Waals surface area contributed by atoms with Gasteiger partial charge in [-0.05, 0) is 44.2 Å². The SMILES string of the molecule is Cc1cc(C=Nc2ccc([N+](=O)[O-])cc2)c(C)n1-c1ccccn1. The van der Waals surface area contributed by atoms with E-state index in [2.05, 4.69) is 14.5 Å². The number of nitrogens with zero attached hydrogens (tertiary/aromatic N) is 4. The lowest BCUT2D eigenvalue weighted by Gasteiger charge is -2.07. The minimum atomic E-state index is -0.423. The Hall–Kier alpha value is -3.28. The number of hydrogen-bond donors (Lipinski definition) is 0. The molecule has 0 radical (unpaired) electrons. The zero-order valence-electron chi connectivity index (χ0n) is 13.4. The second-order valence-corrected chi connectivity index (χ2v) is 5.38. The number of rotatable bonds is 4. The third-order valence-corrected chi connectivity index (χ3v) is 3.76. The van der Waals surface area contributed by atoms with Gasteiger partial charge in [-0.2, -0.15) is 0 Å². The summed E-state index contributed by atoms with van der Waals surface area (Å²) >= 11 is 0. The van der Waals surface area contributed by atoms with E-state index in [1.807, 2.05) is 38.1 Å². The summed E-state index contributed by atoms with van der Waals surface area (Å²) in [6.07, 6.45) is 3.53. The van der Waals surface area contributed by atoms with E-state index in [4.69, 9.17) is 0 Å². The van der Waals surface area contributed by atoms with E-state index in [-0.39, 0.29) is 5.69 Å². The standard InChI is InChI=1S/C18H16N4O2/c1-13-11-15(14(2)21(13)18-5-3-4-10-19-18)12-20-16-6-8-17(9-7-16)22(23)24/h3-12H,1-2H3. The maximum absolute atomic E-state index is 10.7. The lowest BCUT2D eigenvalue weighted by Crippen LogP contribution is -2.01. The van der Waals surface area contributed by atoms with Crippen molar-refractivity contribution in [2.75, 3.05) is 0 Å². The first kappa shape index (κ1) is 15.6. The molecule has 6 nitrogen and oxygen atoms in total. The van der Waals surface area contributed by atoms with E-state index in [9.17, 15) is 10.1 Å². The van der Waals surface area contributed by atoms with Crippen LogP contribution in [0.2, 0.25) is 0 Å². The average Bonchev–Trinajstić information content (AvgIpc) is 2.88. The Morgan fingerprint density at radius 3 is 2.54 bits per heavy atom. The van der Waals surface area contributed by atoms with Gasteiger partial charge >= 0.3 is 0 Å². The molecule has 2 heterocycles. The largest absolute Gasteiger partial charge is 0.303 e. The maximum Gasteiger partial charge on any atom is 0.269 e. The summed E-state index contributed by atoms with van der Waals surface area (Å²) in [4.78, 5) is 19.0. The molecule has 0 amide bonds. The van der Waals surface area contributed by atoms with Gasteiger partial charge < -0.3 is 4.57 Å². The fourth-order valence-electron chi connectivity index (χ4n) is 2.56. The zero-order valence-corrected chi connectivity index (χ0v) is 13.4. The van der Waals surface area contributed by atoms with Crippen LogP contribution in [-0.2, 0) is 0 Å². The second-order valence-electron chi connectivity index (χ2n) is 5.38. The third-order valence-electron chi connectivity index (χ3n) is 3.76. The van der Waals surface area contributed by atoms with Gasteiger partial charge in [-0.1, -0.05) is 6.07 Å². The summed E-state index contributed by atoms with van der Waals surface area (Å²) in [6.45, 7) is 4.03. The molecule has 0 aliphatic rings. The van der Waals surface area contributed by atoms with Crippen LogP contribution >= 0.6 is 0 Å². The fourth-order valence-corrected chi connectivity index (χ4v) is 2.56. The van der Waals surface area contributed by atoms with Crippen LogP contribution in [0.15, 0.2) is 59.7 Å². The summed E-state index contributed by atoms with van der Waals surface area (Å²) in [6, 6.07) is 14.0. The smallest absolute Gasteiger partial charge is 0.269 e. The lowest BCUT2D eigenvalue weighted by molar-refractivity contribution is -0.384. The lowest BCUT2D eigenvalue weighted by atomic mass is 10.2. The molecule has 0 fully saturated rings. The van der Waals surface area contributed by atoms with Crippen LogP contribution in [0.4, 0.5) is 11.4 Å². The van der Waals surface area contributed by atoms with Gasteiger partial charge in [-0.15, -0.1) is 0 Å². The van der Waals surface area contributed by atoms with Crippen molar-refractivity contribution in [1.29, 1.82) is 0 Å². The summed E-state index contributed by atoms with van der Waals surface area (Å²) in [5.74, 6) is 0.863. The van der Waals surface area contributed by atoms with Gasteiger partial charge in [0.2, 0.25) is 0 Å². The molecule has 3 aromatic rings. The van der Waals surface area contributed by atoms with Crippen LogP contribution in [0.3, 0.4) is 0 Å². The van der Waals surface area contributed by atoms with E-state index in [1.165, 1.54) is 12.1 Å². The van der Waals surface area contributed by atoms with Gasteiger partial charge in [0, 0.05) is 41.5 Å². The number of hydrogen-bond acceptors (Lipinski definition) is 4. The van der Waals surface area contributed by atoms with E-state index < -0.39 is 4.92 Å². The highest BCUT2D eigenvalue weighted by molar-refractivity contribution is 5.84. The van der Waals surface area contributed by atoms with Gasteiger partial charge in [-0.25, -0.2) is 4.98 Å². The molecule has 0 aliphatic carbocycles. The van der Waals surface area contributed by atoms with Gasteiger partial charge in [-0.3, -0.25) is 15.1 Å². The molecular formula is C18H16N4O2. The maximum atomic E-state index is 10.7. The van der Waals surface area contributed by atoms with Crippen molar-refractivity contribution in [3.63, 3.8) is 0 Å². The summed E-state index contributed by atoms with van der Waals surface area (Å²) < 4.78 is 2.07. The number of aliphatic imine (C=N–C) groups is 1. The van der Waals surface area contributed by atoms with E-state index in [0.717, 1.165) is 22.8 Å². The molecule has 1 aromatic carbocycles. The van der Waals surface area contributed by atoms with Crippen molar-refractivity contribution in [3.05, 3.63) is 81.8 Å². The minimum Gasteiger partial charge on any atom is -0.303 e. The number of non-ortho nitro benzene ring substituents is 1. The Kier molecular flexibility index (Phi) is 4.20. The van der Waals surface area contributed by atoms with E-state index in [0.29, 0.717) is 5.69 Å². The number of pyridine rings is 1. The summed E-state index contributed by atoms with van der Waals surface area (Å²) in [7, 11) is 0. The number of nitro groups is 1. The first-order valence-corrected chi connectivity index (χ1v) is 7.45. The molecule has 0 bridgehead atoms. The quantitative estimate of drug-likeness (QED) is 0.412. The molecule has 0 saturated carbocycles. The molecule has 0 aliphatic heterocycles. The van der Waals surface area contributed by atoms with Crippen molar-refractivity contribution in [3.8, 4) is 5.82 Å². The topological polar surface area (TPSA) is 73.3 Å². The van der Waals surface area contributed by atoms with Gasteiger partial charge in [0.05, 0.1) is 10.6 Å². The van der Waals surface area contributed by atoms with Crippen LogP contribution in [0.5, 0.6) is 0 Å². The molecule has 6 heteroatoms. The summed E-state index contributed by atoms with van der Waals surface area (Å²) in [5, 5.41) is 10.7.